The van der Waals surface area contributed by atoms with Crippen LogP contribution in [0.2, 0.25) is 0 Å². The number of nitrogens with zero attached hydrogens (tertiary/aromatic N) is 2. The van der Waals surface area contributed by atoms with Crippen LogP contribution < -0.4 is 15.6 Å². The van der Waals surface area contributed by atoms with E-state index in [0.717, 1.165) is 12.1 Å². The third kappa shape index (κ3) is 5.69. The van der Waals surface area contributed by atoms with Crippen LogP contribution in [0.4, 0.5) is 18.9 Å². The molecule has 3 aromatic carbocycles. The van der Waals surface area contributed by atoms with E-state index in [0.29, 0.717) is 22.4 Å². The van der Waals surface area contributed by atoms with Crippen molar-refractivity contribution in [1.29, 1.82) is 0 Å². The Balaban J connectivity index is 1.37. The van der Waals surface area contributed by atoms with Gasteiger partial charge in [0.25, 0.3) is 11.5 Å². The number of nitrogens with one attached hydrogen (secondary N) is 1. The summed E-state index contributed by atoms with van der Waals surface area (Å²) in [4.78, 5) is 41.7. The minimum atomic E-state index is -4.82. The van der Waals surface area contributed by atoms with E-state index in [1.165, 1.54) is 28.8 Å². The van der Waals surface area contributed by atoms with Crippen molar-refractivity contribution >= 4 is 28.5 Å². The van der Waals surface area contributed by atoms with E-state index in [1.807, 2.05) is 0 Å². The minimum absolute atomic E-state index is 0.152. The van der Waals surface area contributed by atoms with Gasteiger partial charge in [0.2, 0.25) is 0 Å². The van der Waals surface area contributed by atoms with Gasteiger partial charge in [0.1, 0.15) is 11.6 Å². The minimum Gasteiger partial charge on any atom is -0.452 e. The van der Waals surface area contributed by atoms with E-state index >= 15 is 0 Å². The van der Waals surface area contributed by atoms with Gasteiger partial charge in [-0.15, -0.1) is 13.2 Å². The predicted molar refractivity (Wildman–Crippen MR) is 124 cm³/mol. The first-order valence-electron chi connectivity index (χ1n) is 10.5. The number of hydrogen-bond acceptors (Lipinski definition) is 6. The van der Waals surface area contributed by atoms with Crippen LogP contribution in [-0.2, 0) is 9.53 Å². The first kappa shape index (κ1) is 24.5. The van der Waals surface area contributed by atoms with Crippen LogP contribution in [0, 0.1) is 6.92 Å². The molecule has 1 heterocycles. The van der Waals surface area contributed by atoms with Gasteiger partial charge in [-0.05, 0) is 67.6 Å². The lowest BCUT2D eigenvalue weighted by Crippen LogP contribution is -2.22. The Labute approximate surface area is 201 Å². The van der Waals surface area contributed by atoms with E-state index in [9.17, 15) is 27.6 Å². The summed E-state index contributed by atoms with van der Waals surface area (Å²) >= 11 is 0. The summed E-state index contributed by atoms with van der Waals surface area (Å²) in [6, 6.07) is 17.5. The fourth-order valence-corrected chi connectivity index (χ4v) is 3.45. The van der Waals surface area contributed by atoms with Gasteiger partial charge in [-0.25, -0.2) is 9.78 Å². The fourth-order valence-electron chi connectivity index (χ4n) is 3.45. The molecule has 0 fully saturated rings. The fraction of sp³-hybridized carbons (Fsp3) is 0.120. The first-order chi connectivity index (χ1) is 17.1. The number of aromatic nitrogens is 2. The number of aryl methyl sites for hydroxylation is 1. The molecule has 1 N–H and O–H groups in total. The van der Waals surface area contributed by atoms with E-state index < -0.39 is 30.6 Å². The number of benzene rings is 3. The molecule has 0 radical (unpaired) electrons. The molecule has 36 heavy (non-hydrogen) atoms. The summed E-state index contributed by atoms with van der Waals surface area (Å²) in [5, 5.41) is 2.86. The highest BCUT2D eigenvalue weighted by molar-refractivity contribution is 5.95. The lowest BCUT2D eigenvalue weighted by Gasteiger charge is -2.12. The van der Waals surface area contributed by atoms with Crippen LogP contribution in [0.3, 0.4) is 0 Å². The average Bonchev–Trinajstić information content (AvgIpc) is 2.83. The molecule has 0 spiro atoms. The molecule has 0 aliphatic heterocycles. The highest BCUT2D eigenvalue weighted by Crippen LogP contribution is 2.24. The molecule has 11 heteroatoms. The Morgan fingerprint density at radius 2 is 1.64 bits per heavy atom. The number of carbonyl (C=O) groups is 2. The topological polar surface area (TPSA) is 99.5 Å². The maximum Gasteiger partial charge on any atom is 0.573 e. The van der Waals surface area contributed by atoms with Crippen molar-refractivity contribution in [3.05, 3.63) is 94.5 Å². The smallest absolute Gasteiger partial charge is 0.452 e. The number of hydrogen-bond donors (Lipinski definition) is 1. The van der Waals surface area contributed by atoms with Crippen LogP contribution in [0.25, 0.3) is 16.6 Å². The summed E-state index contributed by atoms with van der Waals surface area (Å²) in [5.74, 6) is -1.42. The first-order valence-corrected chi connectivity index (χ1v) is 10.5. The molecular weight excluding hydrogens is 479 g/mol. The van der Waals surface area contributed by atoms with Gasteiger partial charge in [-0.1, -0.05) is 12.1 Å². The van der Waals surface area contributed by atoms with Crippen molar-refractivity contribution < 1.29 is 32.2 Å². The van der Waals surface area contributed by atoms with Gasteiger partial charge in [0.15, 0.2) is 6.61 Å². The van der Waals surface area contributed by atoms with Gasteiger partial charge in [0, 0.05) is 5.69 Å². The van der Waals surface area contributed by atoms with Gasteiger partial charge < -0.3 is 14.8 Å². The Morgan fingerprint density at radius 1 is 0.972 bits per heavy atom. The van der Waals surface area contributed by atoms with Gasteiger partial charge >= 0.3 is 12.3 Å². The zero-order chi connectivity index (χ0) is 25.9. The molecule has 4 rings (SSSR count). The summed E-state index contributed by atoms with van der Waals surface area (Å²) < 4.78 is 46.8. The number of alkyl halides is 3. The quantitative estimate of drug-likeness (QED) is 0.397. The molecule has 4 aromatic rings. The molecule has 0 aliphatic rings. The standard InChI is InChI=1S/C25H18F3N3O5/c1-15-29-21-5-3-2-4-20(21)23(33)31(15)18-10-6-16(7-11-18)24(34)35-14-22(32)30-17-8-12-19(13-9-17)36-25(26,27)28/h2-13H,14H2,1H3,(H,30,32). The Bertz CT molecular complexity index is 1480. The van der Waals surface area contributed by atoms with Gasteiger partial charge in [0.05, 0.1) is 22.2 Å². The maximum absolute atomic E-state index is 12.9. The second kappa shape index (κ2) is 9.90. The molecule has 184 valence electrons. The number of amides is 1. The zero-order valence-corrected chi connectivity index (χ0v) is 18.7. The van der Waals surface area contributed by atoms with Crippen molar-refractivity contribution in [2.75, 3.05) is 11.9 Å². The van der Waals surface area contributed by atoms with Crippen molar-refractivity contribution in [2.45, 2.75) is 13.3 Å². The van der Waals surface area contributed by atoms with E-state index in [2.05, 4.69) is 15.0 Å². The van der Waals surface area contributed by atoms with Crippen molar-refractivity contribution in [1.82, 2.24) is 9.55 Å². The molecule has 0 unspecified atom stereocenters. The molecule has 0 bridgehead atoms. The van der Waals surface area contributed by atoms with E-state index in [1.54, 1.807) is 43.3 Å². The third-order valence-electron chi connectivity index (χ3n) is 5.01. The van der Waals surface area contributed by atoms with E-state index in [-0.39, 0.29) is 16.8 Å². The van der Waals surface area contributed by atoms with Crippen LogP contribution in [0.15, 0.2) is 77.6 Å². The van der Waals surface area contributed by atoms with Crippen LogP contribution >= 0.6 is 0 Å². The molecule has 0 saturated heterocycles. The Kier molecular flexibility index (Phi) is 6.73. The number of para-hydroxylation sites is 1. The van der Waals surface area contributed by atoms with E-state index in [4.69, 9.17) is 4.74 Å². The number of carbonyl (C=O) groups excluding carboxylic acids is 2. The highest BCUT2D eigenvalue weighted by Gasteiger charge is 2.31. The van der Waals surface area contributed by atoms with Gasteiger partial charge in [-0.2, -0.15) is 0 Å². The second-order valence-electron chi connectivity index (χ2n) is 7.56. The average molecular weight is 497 g/mol. The molecule has 0 saturated carbocycles. The van der Waals surface area contributed by atoms with Crippen LogP contribution in [0.1, 0.15) is 16.2 Å². The number of halogens is 3. The number of anilines is 1. The zero-order valence-electron chi connectivity index (χ0n) is 18.7. The number of esters is 1. The van der Waals surface area contributed by atoms with Crippen LogP contribution in [0.5, 0.6) is 5.75 Å². The summed E-state index contributed by atoms with van der Waals surface area (Å²) in [7, 11) is 0. The molecule has 8 nitrogen and oxygen atoms in total. The molecule has 0 aliphatic carbocycles. The van der Waals surface area contributed by atoms with Crippen molar-refractivity contribution in [3.63, 3.8) is 0 Å². The molecular formula is C25H18F3N3O5. The second-order valence-corrected chi connectivity index (χ2v) is 7.56. The van der Waals surface area contributed by atoms with Crippen LogP contribution in [-0.4, -0.2) is 34.4 Å². The summed E-state index contributed by atoms with van der Waals surface area (Å²) in [6.45, 7) is 1.08. The third-order valence-corrected chi connectivity index (χ3v) is 5.01. The number of fused-ring (bicyclic) bond motifs is 1. The van der Waals surface area contributed by atoms with Gasteiger partial charge in [-0.3, -0.25) is 14.2 Å². The largest absolute Gasteiger partial charge is 0.573 e. The lowest BCUT2D eigenvalue weighted by molar-refractivity contribution is -0.274. The maximum atomic E-state index is 12.9. The molecule has 1 amide bonds. The van der Waals surface area contributed by atoms with Crippen molar-refractivity contribution in [2.24, 2.45) is 0 Å². The monoisotopic (exact) mass is 497 g/mol. The predicted octanol–water partition coefficient (Wildman–Crippen LogP) is 4.39. The number of ether oxygens (including phenoxy) is 2. The normalized spacial score (nSPS) is 11.2. The SMILES string of the molecule is Cc1nc2ccccc2c(=O)n1-c1ccc(C(=O)OCC(=O)Nc2ccc(OC(F)(F)F)cc2)cc1. The molecule has 1 aromatic heterocycles. The Hall–Kier alpha value is -4.67. The summed E-state index contributed by atoms with van der Waals surface area (Å²) in [5.41, 5.74) is 1.19. The van der Waals surface area contributed by atoms with Crippen molar-refractivity contribution in [3.8, 4) is 11.4 Å². The number of rotatable bonds is 6. The lowest BCUT2D eigenvalue weighted by atomic mass is 10.2. The highest BCUT2D eigenvalue weighted by atomic mass is 19.4. The summed E-state index contributed by atoms with van der Waals surface area (Å²) in [6.07, 6.45) is -4.82. The Morgan fingerprint density at radius 3 is 2.31 bits per heavy atom. The molecule has 0 atom stereocenters.